The first-order valence-corrected chi connectivity index (χ1v) is 24.4. The van der Waals surface area contributed by atoms with E-state index in [4.69, 9.17) is 9.72 Å². The second-order valence-electron chi connectivity index (χ2n) is 18.9. The fourth-order valence-corrected chi connectivity index (χ4v) is 11.6. The van der Waals surface area contributed by atoms with E-state index in [0.717, 1.165) is 82.1 Å². The second kappa shape index (κ2) is 18.1. The van der Waals surface area contributed by atoms with Crippen molar-refractivity contribution < 1.29 is 33.8 Å². The van der Waals surface area contributed by atoms with E-state index in [1.807, 2.05) is 90.7 Å². The number of carbonyl (C=O) groups is 5. The summed E-state index contributed by atoms with van der Waals surface area (Å²) in [6.45, 7) is 4.74. The van der Waals surface area contributed by atoms with Gasteiger partial charge in [0.25, 0.3) is 5.91 Å². The smallest absolute Gasteiger partial charge is 0.355 e. The fraction of sp³-hybridized carbons (Fsp3) is 0.327. The van der Waals surface area contributed by atoms with E-state index in [9.17, 15) is 29.1 Å². The molecule has 2 saturated heterocycles. The minimum Gasteiger partial charge on any atom is -0.490 e. The largest absolute Gasteiger partial charge is 0.490 e. The predicted octanol–water partition coefficient (Wildman–Crippen LogP) is 7.24. The molecule has 0 radical (unpaired) electrons. The minimum absolute atomic E-state index is 0.0188. The number of fused-ring (bicyclic) bond motifs is 3. The van der Waals surface area contributed by atoms with Crippen LogP contribution in [0, 0.1) is 12.3 Å². The number of imide groups is 1. The Morgan fingerprint density at radius 3 is 2.54 bits per heavy atom. The monoisotopic (exact) mass is 958 g/mol. The van der Waals surface area contributed by atoms with Crippen LogP contribution in [0.2, 0.25) is 0 Å². The van der Waals surface area contributed by atoms with Gasteiger partial charge >= 0.3 is 5.97 Å². The van der Waals surface area contributed by atoms with Crippen LogP contribution in [-0.2, 0) is 34.4 Å². The van der Waals surface area contributed by atoms with Crippen LogP contribution in [0.3, 0.4) is 0 Å². The number of para-hydroxylation sites is 1. The van der Waals surface area contributed by atoms with Gasteiger partial charge in [0.1, 0.15) is 17.3 Å². The minimum atomic E-state index is -1.14. The number of aryl methyl sites for hydroxylation is 1. The molecule has 0 bridgehead atoms. The highest BCUT2D eigenvalue weighted by atomic mass is 32.1. The first-order valence-electron chi connectivity index (χ1n) is 23.6. The Balaban J connectivity index is 0.699. The van der Waals surface area contributed by atoms with Gasteiger partial charge < -0.3 is 20.1 Å². The number of rotatable bonds is 11. The van der Waals surface area contributed by atoms with Crippen molar-refractivity contribution in [1.29, 1.82) is 0 Å². The van der Waals surface area contributed by atoms with Crippen molar-refractivity contribution in [3.05, 3.63) is 119 Å². The number of aromatic nitrogens is 5. The molecular weight excluding hydrogens is 909 g/mol. The molecule has 7 heterocycles. The van der Waals surface area contributed by atoms with Gasteiger partial charge in [0.15, 0.2) is 10.8 Å². The Labute approximate surface area is 406 Å². The van der Waals surface area contributed by atoms with E-state index < -0.39 is 11.9 Å². The molecule has 3 aliphatic heterocycles. The van der Waals surface area contributed by atoms with E-state index in [1.165, 1.54) is 11.3 Å². The lowest BCUT2D eigenvalue weighted by Gasteiger charge is -2.51. The van der Waals surface area contributed by atoms with E-state index in [2.05, 4.69) is 35.9 Å². The molecule has 4 N–H and O–H groups in total. The van der Waals surface area contributed by atoms with E-state index in [-0.39, 0.29) is 53.8 Å². The highest BCUT2D eigenvalue weighted by Gasteiger charge is 2.47. The van der Waals surface area contributed by atoms with Gasteiger partial charge in [-0.05, 0) is 135 Å². The van der Waals surface area contributed by atoms with Crippen LogP contribution < -0.4 is 25.6 Å². The Bertz CT molecular complexity index is 3240. The molecule has 18 heteroatoms. The number of nitrogens with one attached hydrogen (secondary N) is 3. The van der Waals surface area contributed by atoms with Gasteiger partial charge in [0, 0.05) is 55.0 Å². The molecule has 70 heavy (non-hydrogen) atoms. The molecule has 11 rings (SSSR count). The van der Waals surface area contributed by atoms with Crippen molar-refractivity contribution in [2.45, 2.75) is 70.4 Å². The summed E-state index contributed by atoms with van der Waals surface area (Å²) >= 11 is 1.40. The molecule has 4 aliphatic rings. The second-order valence-corrected chi connectivity index (χ2v) is 20.0. The standard InChI is InChI=1S/C52H50N10O7S/c1-29-33(34-12-14-42(56-47(34)50(67)68)62-21-17-30-16-20-53-46(37(30)27-62)49(66)58-51-55-38-7-3-4-9-41(38)70-51)6-5-8-40(29)69-32-25-52(26-32)18-22-61(23-19-52)28-44(64)54-31-10-11-35-39(24-31)60(2)59-45(35)36-13-15-43(63)57-48(36)65/h3-12,14,16,20,24,32,36H,13,15,17-19,21-23,25-28H2,1-2H3,(H,54,64)(H,67,68)(H,55,58,66)(H,57,63,65). The number of nitrogens with zero attached hydrogens (tertiary/aromatic N) is 7. The Hall–Kier alpha value is -7.57. The average molecular weight is 959 g/mol. The lowest BCUT2D eigenvalue weighted by atomic mass is 9.61. The van der Waals surface area contributed by atoms with Crippen molar-refractivity contribution in [3.63, 3.8) is 0 Å². The molecule has 3 fully saturated rings. The molecule has 3 aromatic carbocycles. The number of pyridine rings is 2. The van der Waals surface area contributed by atoms with Crippen molar-refractivity contribution in [2.75, 3.05) is 41.7 Å². The summed E-state index contributed by atoms with van der Waals surface area (Å²) in [5.74, 6) is -1.49. The number of carbonyl (C=O) groups excluding carboxylic acids is 4. The lowest BCUT2D eigenvalue weighted by Crippen LogP contribution is -2.51. The van der Waals surface area contributed by atoms with Gasteiger partial charge in [-0.3, -0.25) is 44.4 Å². The molecule has 17 nitrogen and oxygen atoms in total. The molecule has 4 amide bonds. The maximum atomic E-state index is 13.6. The Kier molecular flexibility index (Phi) is 11.6. The first kappa shape index (κ1) is 44.9. The molecule has 1 aliphatic carbocycles. The van der Waals surface area contributed by atoms with Crippen LogP contribution >= 0.6 is 11.3 Å². The van der Waals surface area contributed by atoms with Crippen LogP contribution in [0.5, 0.6) is 5.75 Å². The zero-order valence-electron chi connectivity index (χ0n) is 38.7. The predicted molar refractivity (Wildman–Crippen MR) is 264 cm³/mol. The van der Waals surface area contributed by atoms with Gasteiger partial charge in [0.05, 0.1) is 40.0 Å². The zero-order chi connectivity index (χ0) is 48.3. The summed E-state index contributed by atoms with van der Waals surface area (Å²) in [5, 5.41) is 24.8. The zero-order valence-corrected chi connectivity index (χ0v) is 39.5. The maximum absolute atomic E-state index is 13.6. The quantitative estimate of drug-likeness (QED) is 0.0943. The van der Waals surface area contributed by atoms with Crippen LogP contribution in [0.1, 0.15) is 87.8 Å². The van der Waals surface area contributed by atoms with Crippen molar-refractivity contribution >= 4 is 78.7 Å². The van der Waals surface area contributed by atoms with Gasteiger partial charge in [-0.25, -0.2) is 14.8 Å². The number of thiazole rings is 1. The third-order valence-electron chi connectivity index (χ3n) is 14.5. The summed E-state index contributed by atoms with van der Waals surface area (Å²) in [6.07, 6.45) is 6.70. The van der Waals surface area contributed by atoms with Crippen LogP contribution in [-0.4, -0.2) is 96.6 Å². The number of carboxylic acids is 1. The summed E-state index contributed by atoms with van der Waals surface area (Å²) in [6, 6.07) is 24.6. The number of hydrogen-bond acceptors (Lipinski definition) is 13. The molecule has 1 atom stereocenters. The van der Waals surface area contributed by atoms with Gasteiger partial charge in [-0.15, -0.1) is 0 Å². The number of ether oxygens (including phenoxy) is 1. The van der Waals surface area contributed by atoms with E-state index in [1.54, 1.807) is 17.9 Å². The number of hydrogen-bond donors (Lipinski definition) is 4. The maximum Gasteiger partial charge on any atom is 0.355 e. The van der Waals surface area contributed by atoms with Gasteiger partial charge in [-0.1, -0.05) is 35.6 Å². The molecular formula is C52H50N10O7S. The highest BCUT2D eigenvalue weighted by Crippen LogP contribution is 2.51. The molecule has 1 saturated carbocycles. The molecule has 4 aromatic heterocycles. The van der Waals surface area contributed by atoms with Gasteiger partial charge in [-0.2, -0.15) is 5.10 Å². The molecule has 356 valence electrons. The number of carboxylic acid groups (broad SMARTS) is 1. The van der Waals surface area contributed by atoms with Crippen molar-refractivity contribution in [3.8, 4) is 16.9 Å². The van der Waals surface area contributed by atoms with Crippen molar-refractivity contribution in [1.82, 2.24) is 34.9 Å². The van der Waals surface area contributed by atoms with Crippen LogP contribution in [0.15, 0.2) is 85.1 Å². The van der Waals surface area contributed by atoms with E-state index >= 15 is 0 Å². The first-order chi connectivity index (χ1) is 33.9. The fourth-order valence-electron chi connectivity index (χ4n) is 10.7. The number of piperidine rings is 2. The van der Waals surface area contributed by atoms with Crippen molar-refractivity contribution in [2.24, 2.45) is 12.5 Å². The topological polar surface area (TPSA) is 214 Å². The van der Waals surface area contributed by atoms with Crippen LogP contribution in [0.4, 0.5) is 16.6 Å². The third-order valence-corrected chi connectivity index (χ3v) is 15.4. The number of aromatic carboxylic acids is 1. The lowest BCUT2D eigenvalue weighted by molar-refractivity contribution is -0.134. The van der Waals surface area contributed by atoms with Gasteiger partial charge in [0.2, 0.25) is 17.7 Å². The molecule has 1 spiro atoms. The number of anilines is 3. The summed E-state index contributed by atoms with van der Waals surface area (Å²) in [5.41, 5.74) is 7.09. The average Bonchev–Trinajstić information content (AvgIpc) is 3.90. The van der Waals surface area contributed by atoms with Crippen LogP contribution in [0.25, 0.3) is 32.2 Å². The number of amides is 4. The number of likely N-dealkylation sites (tertiary alicyclic amines) is 1. The summed E-state index contributed by atoms with van der Waals surface area (Å²) in [4.78, 5) is 81.9. The summed E-state index contributed by atoms with van der Waals surface area (Å²) in [7, 11) is 1.80. The molecule has 1 unspecified atom stereocenters. The van der Waals surface area contributed by atoms with E-state index in [0.29, 0.717) is 65.3 Å². The number of benzene rings is 3. The third kappa shape index (κ3) is 8.61. The molecule has 7 aromatic rings. The summed E-state index contributed by atoms with van der Waals surface area (Å²) < 4.78 is 9.29. The SMILES string of the molecule is Cc1c(OC2CC3(CCN(CC(=O)Nc4ccc5c(C6CCC(=O)NC6=O)nn(C)c5c4)CC3)C2)cccc1-c1ccc(N2CCc3ccnc(C(=O)Nc4nc5ccccc5s4)c3C2)nc1C(=O)O. The Morgan fingerprint density at radius 1 is 0.914 bits per heavy atom. The Morgan fingerprint density at radius 2 is 1.74 bits per heavy atom. The highest BCUT2D eigenvalue weighted by molar-refractivity contribution is 7.22. The normalized spacial score (nSPS) is 18.1.